The topological polar surface area (TPSA) is 55.8 Å². The molecule has 0 radical (unpaired) electrons. The Bertz CT molecular complexity index is 592. The number of esters is 1. The van der Waals surface area contributed by atoms with Crippen LogP contribution < -0.4 is 4.74 Å². The van der Waals surface area contributed by atoms with Crippen LogP contribution in [0.1, 0.15) is 25.8 Å². The van der Waals surface area contributed by atoms with Crippen molar-refractivity contribution in [2.45, 2.75) is 20.3 Å². The first-order chi connectivity index (χ1) is 12.0. The van der Waals surface area contributed by atoms with Crippen molar-refractivity contribution in [2.24, 2.45) is 5.92 Å². The molecule has 25 heavy (non-hydrogen) atoms. The Labute approximate surface area is 149 Å². The van der Waals surface area contributed by atoms with Gasteiger partial charge in [-0.05, 0) is 30.2 Å². The fraction of sp³-hybridized carbons (Fsp3) is 0.400. The van der Waals surface area contributed by atoms with Gasteiger partial charge in [0.25, 0.3) is 0 Å². The van der Waals surface area contributed by atoms with Crippen molar-refractivity contribution < 1.29 is 19.1 Å². The van der Waals surface area contributed by atoms with Gasteiger partial charge in [-0.2, -0.15) is 0 Å². The average molecular weight is 345 g/mol. The molecule has 136 valence electrons. The van der Waals surface area contributed by atoms with Gasteiger partial charge in [0.2, 0.25) is 5.91 Å². The van der Waals surface area contributed by atoms with Crippen molar-refractivity contribution in [2.75, 3.05) is 26.8 Å². The first-order valence-corrected chi connectivity index (χ1v) is 8.40. The van der Waals surface area contributed by atoms with Crippen LogP contribution in [-0.4, -0.2) is 43.6 Å². The molecule has 0 spiro atoms. The molecule has 5 heteroatoms. The van der Waals surface area contributed by atoms with Gasteiger partial charge in [0.05, 0.1) is 19.6 Å². The van der Waals surface area contributed by atoms with Gasteiger partial charge < -0.3 is 14.4 Å². The van der Waals surface area contributed by atoms with Crippen molar-refractivity contribution in [3.8, 4) is 5.75 Å². The van der Waals surface area contributed by atoms with E-state index in [1.54, 1.807) is 24.0 Å². The predicted molar refractivity (Wildman–Crippen MR) is 99.2 cm³/mol. The summed E-state index contributed by atoms with van der Waals surface area (Å²) >= 11 is 0. The maximum Gasteiger partial charge on any atom is 0.310 e. The second-order valence-electron chi connectivity index (χ2n) is 5.71. The Balaban J connectivity index is 2.70. The van der Waals surface area contributed by atoms with E-state index in [0.717, 1.165) is 17.7 Å². The third kappa shape index (κ3) is 7.25. The van der Waals surface area contributed by atoms with Crippen LogP contribution in [0.15, 0.2) is 43.0 Å². The minimum Gasteiger partial charge on any atom is -0.494 e. The van der Waals surface area contributed by atoms with Gasteiger partial charge >= 0.3 is 5.97 Å². The number of methoxy groups -OCH3 is 1. The summed E-state index contributed by atoms with van der Waals surface area (Å²) in [6, 6.07) is 7.54. The number of ether oxygens (including phenoxy) is 2. The lowest BCUT2D eigenvalue weighted by Crippen LogP contribution is -2.36. The molecule has 0 saturated carbocycles. The Hall–Kier alpha value is -2.56. The second kappa shape index (κ2) is 11.1. The monoisotopic (exact) mass is 345 g/mol. The first kappa shape index (κ1) is 20.5. The smallest absolute Gasteiger partial charge is 0.310 e. The summed E-state index contributed by atoms with van der Waals surface area (Å²) in [7, 11) is 1.34. The highest BCUT2D eigenvalue weighted by molar-refractivity contribution is 5.92. The Morgan fingerprint density at radius 3 is 2.52 bits per heavy atom. The summed E-state index contributed by atoms with van der Waals surface area (Å²) in [6.45, 7) is 8.78. The molecule has 0 heterocycles. The van der Waals surface area contributed by atoms with E-state index in [1.165, 1.54) is 13.2 Å². The van der Waals surface area contributed by atoms with Crippen LogP contribution >= 0.6 is 0 Å². The van der Waals surface area contributed by atoms with Crippen LogP contribution in [0.2, 0.25) is 0 Å². The summed E-state index contributed by atoms with van der Waals surface area (Å²) in [6.07, 6.45) is 5.83. The number of carbonyl (C=O) groups is 2. The highest BCUT2D eigenvalue weighted by atomic mass is 16.5. The zero-order chi connectivity index (χ0) is 18.7. The van der Waals surface area contributed by atoms with Gasteiger partial charge in [-0.25, -0.2) is 0 Å². The molecule has 5 nitrogen and oxygen atoms in total. The third-order valence-corrected chi connectivity index (χ3v) is 3.53. The molecule has 0 saturated heterocycles. The summed E-state index contributed by atoms with van der Waals surface area (Å²) in [5.41, 5.74) is 0.900. The van der Waals surface area contributed by atoms with E-state index in [9.17, 15) is 9.59 Å². The van der Waals surface area contributed by atoms with Crippen molar-refractivity contribution >= 4 is 18.0 Å². The molecule has 0 aliphatic carbocycles. The van der Waals surface area contributed by atoms with E-state index < -0.39 is 5.92 Å². The minimum atomic E-state index is -0.391. The normalized spacial score (nSPS) is 11.8. The van der Waals surface area contributed by atoms with Gasteiger partial charge in [-0.3, -0.25) is 9.59 Å². The lowest BCUT2D eigenvalue weighted by atomic mass is 10.1. The van der Waals surface area contributed by atoms with E-state index in [4.69, 9.17) is 9.47 Å². The third-order valence-electron chi connectivity index (χ3n) is 3.53. The standard InChI is InChI=1S/C20H27NO4/c1-5-13-21(15-16(3)20(23)24-4)19(22)12-9-17-7-10-18(11-8-17)25-14-6-2/h5,7-12,16H,1,6,13-15H2,2-4H3/b12-9+. The van der Waals surface area contributed by atoms with Crippen LogP contribution in [0, 0.1) is 5.92 Å². The van der Waals surface area contributed by atoms with Crippen molar-refractivity contribution in [1.82, 2.24) is 4.90 Å². The van der Waals surface area contributed by atoms with Gasteiger partial charge in [-0.1, -0.05) is 32.1 Å². The molecule has 0 aliphatic rings. The van der Waals surface area contributed by atoms with E-state index in [2.05, 4.69) is 13.5 Å². The summed E-state index contributed by atoms with van der Waals surface area (Å²) in [5, 5.41) is 0. The fourth-order valence-electron chi connectivity index (χ4n) is 2.18. The van der Waals surface area contributed by atoms with Gasteiger partial charge in [0.15, 0.2) is 0 Å². The molecular formula is C20H27NO4. The predicted octanol–water partition coefficient (Wildman–Crippen LogP) is 3.31. The zero-order valence-electron chi connectivity index (χ0n) is 15.2. The molecule has 0 N–H and O–H groups in total. The summed E-state index contributed by atoms with van der Waals surface area (Å²) < 4.78 is 10.2. The quantitative estimate of drug-likeness (QED) is 0.371. The largest absolute Gasteiger partial charge is 0.494 e. The SMILES string of the molecule is C=CCN(CC(C)C(=O)OC)C(=O)/C=C/c1ccc(OCCC)cc1. The van der Waals surface area contributed by atoms with E-state index in [1.807, 2.05) is 24.3 Å². The number of hydrogen-bond donors (Lipinski definition) is 0. The highest BCUT2D eigenvalue weighted by Crippen LogP contribution is 2.14. The number of carbonyl (C=O) groups excluding carboxylic acids is 2. The number of hydrogen-bond acceptors (Lipinski definition) is 4. The molecule has 0 fully saturated rings. The number of benzene rings is 1. The van der Waals surface area contributed by atoms with Crippen LogP contribution in [0.4, 0.5) is 0 Å². The molecule has 1 aromatic rings. The van der Waals surface area contributed by atoms with Crippen LogP contribution in [0.25, 0.3) is 6.08 Å². The number of amides is 1. The molecule has 0 aliphatic heterocycles. The lowest BCUT2D eigenvalue weighted by molar-refractivity contribution is -0.145. The van der Waals surface area contributed by atoms with E-state index in [0.29, 0.717) is 13.2 Å². The fourth-order valence-corrected chi connectivity index (χ4v) is 2.18. The number of rotatable bonds is 10. The Morgan fingerprint density at radius 2 is 1.96 bits per heavy atom. The van der Waals surface area contributed by atoms with Crippen LogP contribution in [0.3, 0.4) is 0 Å². The summed E-state index contributed by atoms with van der Waals surface area (Å²) in [5.74, 6) is -0.0988. The molecule has 1 aromatic carbocycles. The molecule has 1 unspecified atom stereocenters. The lowest BCUT2D eigenvalue weighted by Gasteiger charge is -2.22. The maximum absolute atomic E-state index is 12.4. The second-order valence-corrected chi connectivity index (χ2v) is 5.71. The van der Waals surface area contributed by atoms with Crippen molar-refractivity contribution in [3.63, 3.8) is 0 Å². The van der Waals surface area contributed by atoms with Gasteiger partial charge in [0.1, 0.15) is 5.75 Å². The first-order valence-electron chi connectivity index (χ1n) is 8.40. The van der Waals surface area contributed by atoms with Crippen molar-refractivity contribution in [3.05, 3.63) is 48.6 Å². The van der Waals surface area contributed by atoms with Gasteiger partial charge in [0, 0.05) is 19.2 Å². The van der Waals surface area contributed by atoms with Crippen LogP contribution in [0.5, 0.6) is 5.75 Å². The number of nitrogens with zero attached hydrogens (tertiary/aromatic N) is 1. The zero-order valence-corrected chi connectivity index (χ0v) is 15.2. The van der Waals surface area contributed by atoms with E-state index >= 15 is 0 Å². The maximum atomic E-state index is 12.4. The minimum absolute atomic E-state index is 0.179. The molecule has 0 bridgehead atoms. The molecule has 1 atom stereocenters. The summed E-state index contributed by atoms with van der Waals surface area (Å²) in [4.78, 5) is 25.5. The van der Waals surface area contributed by atoms with E-state index in [-0.39, 0.29) is 18.4 Å². The van der Waals surface area contributed by atoms with Crippen LogP contribution in [-0.2, 0) is 14.3 Å². The van der Waals surface area contributed by atoms with Crippen molar-refractivity contribution in [1.29, 1.82) is 0 Å². The molecular weight excluding hydrogens is 318 g/mol. The van der Waals surface area contributed by atoms with Gasteiger partial charge in [-0.15, -0.1) is 6.58 Å². The average Bonchev–Trinajstić information content (AvgIpc) is 2.64. The Kier molecular flexibility index (Phi) is 9.07. The molecule has 1 amide bonds. The molecule has 1 rings (SSSR count). The molecule has 0 aromatic heterocycles. The Morgan fingerprint density at radius 1 is 1.28 bits per heavy atom. The highest BCUT2D eigenvalue weighted by Gasteiger charge is 2.19.